The SMILES string of the molecule is CCN(CCC(=O)NC(N)=O)CC(C)(C)O. The number of nitrogens with two attached hydrogens (primary N) is 1. The summed E-state index contributed by atoms with van der Waals surface area (Å²) < 4.78 is 0. The first-order valence-electron chi connectivity index (χ1n) is 5.28. The summed E-state index contributed by atoms with van der Waals surface area (Å²) in [4.78, 5) is 23.5. The van der Waals surface area contributed by atoms with Crippen molar-refractivity contribution in [2.45, 2.75) is 32.8 Å². The van der Waals surface area contributed by atoms with Gasteiger partial charge < -0.3 is 15.7 Å². The zero-order chi connectivity index (χ0) is 12.8. The van der Waals surface area contributed by atoms with Gasteiger partial charge in [0.15, 0.2) is 0 Å². The summed E-state index contributed by atoms with van der Waals surface area (Å²) in [5, 5.41) is 11.6. The Morgan fingerprint density at radius 1 is 1.44 bits per heavy atom. The van der Waals surface area contributed by atoms with Crippen LogP contribution in [0.1, 0.15) is 27.2 Å². The Morgan fingerprint density at radius 2 is 2.00 bits per heavy atom. The molecular weight excluding hydrogens is 210 g/mol. The predicted molar refractivity (Wildman–Crippen MR) is 60.8 cm³/mol. The van der Waals surface area contributed by atoms with Crippen LogP contribution < -0.4 is 11.1 Å². The lowest BCUT2D eigenvalue weighted by Crippen LogP contribution is -2.41. The summed E-state index contributed by atoms with van der Waals surface area (Å²) >= 11 is 0. The molecule has 0 atom stereocenters. The molecule has 0 aromatic carbocycles. The van der Waals surface area contributed by atoms with E-state index in [0.29, 0.717) is 13.1 Å². The Kier molecular flexibility index (Phi) is 5.98. The van der Waals surface area contributed by atoms with Crippen LogP contribution >= 0.6 is 0 Å². The van der Waals surface area contributed by atoms with Gasteiger partial charge in [-0.2, -0.15) is 0 Å². The van der Waals surface area contributed by atoms with Crippen LogP contribution in [-0.2, 0) is 4.79 Å². The molecule has 3 amide bonds. The molecule has 0 bridgehead atoms. The molecule has 6 nitrogen and oxygen atoms in total. The van der Waals surface area contributed by atoms with Gasteiger partial charge in [0.2, 0.25) is 5.91 Å². The fourth-order valence-electron chi connectivity index (χ4n) is 1.36. The standard InChI is InChI=1S/C10H21N3O3/c1-4-13(7-10(2,3)16)6-5-8(14)12-9(11)15/h16H,4-7H2,1-3H3,(H3,11,12,14,15). The molecule has 16 heavy (non-hydrogen) atoms. The van der Waals surface area contributed by atoms with Gasteiger partial charge in [-0.15, -0.1) is 0 Å². The molecule has 0 heterocycles. The molecule has 0 aromatic heterocycles. The topological polar surface area (TPSA) is 95.7 Å². The van der Waals surface area contributed by atoms with Crippen LogP contribution in [0.2, 0.25) is 0 Å². The second-order valence-corrected chi connectivity index (χ2v) is 4.34. The molecule has 0 rings (SSSR count). The fraction of sp³-hybridized carbons (Fsp3) is 0.800. The Balaban J connectivity index is 3.96. The molecule has 0 radical (unpaired) electrons. The number of rotatable bonds is 6. The van der Waals surface area contributed by atoms with E-state index in [2.05, 4.69) is 0 Å². The van der Waals surface area contributed by atoms with Gasteiger partial charge in [0.1, 0.15) is 0 Å². The number of imide groups is 1. The molecule has 0 saturated heterocycles. The van der Waals surface area contributed by atoms with Crippen molar-refractivity contribution in [2.24, 2.45) is 5.73 Å². The minimum Gasteiger partial charge on any atom is -0.389 e. The van der Waals surface area contributed by atoms with Crippen molar-refractivity contribution in [1.82, 2.24) is 10.2 Å². The maximum absolute atomic E-state index is 11.1. The van der Waals surface area contributed by atoms with E-state index in [0.717, 1.165) is 6.54 Å². The third-order valence-electron chi connectivity index (χ3n) is 1.98. The molecule has 0 aliphatic carbocycles. The van der Waals surface area contributed by atoms with E-state index in [-0.39, 0.29) is 6.42 Å². The molecule has 94 valence electrons. The van der Waals surface area contributed by atoms with E-state index in [1.807, 2.05) is 17.1 Å². The van der Waals surface area contributed by atoms with Gasteiger partial charge in [0.05, 0.1) is 5.60 Å². The van der Waals surface area contributed by atoms with E-state index in [9.17, 15) is 14.7 Å². The van der Waals surface area contributed by atoms with E-state index >= 15 is 0 Å². The number of nitrogens with one attached hydrogen (secondary N) is 1. The highest BCUT2D eigenvalue weighted by molar-refractivity contribution is 5.93. The first-order chi connectivity index (χ1) is 7.24. The fourth-order valence-corrected chi connectivity index (χ4v) is 1.36. The molecule has 0 saturated carbocycles. The monoisotopic (exact) mass is 231 g/mol. The highest BCUT2D eigenvalue weighted by Gasteiger charge is 2.17. The molecule has 0 aliphatic heterocycles. The Morgan fingerprint density at radius 3 is 2.38 bits per heavy atom. The average molecular weight is 231 g/mol. The second kappa shape index (κ2) is 6.44. The van der Waals surface area contributed by atoms with Crippen molar-refractivity contribution in [3.05, 3.63) is 0 Å². The van der Waals surface area contributed by atoms with Crippen molar-refractivity contribution in [3.8, 4) is 0 Å². The van der Waals surface area contributed by atoms with Crippen molar-refractivity contribution >= 4 is 11.9 Å². The number of carbonyl (C=O) groups excluding carboxylic acids is 2. The molecule has 0 fully saturated rings. The van der Waals surface area contributed by atoms with Crippen LogP contribution in [0.25, 0.3) is 0 Å². The lowest BCUT2D eigenvalue weighted by molar-refractivity contribution is -0.120. The third-order valence-corrected chi connectivity index (χ3v) is 1.98. The lowest BCUT2D eigenvalue weighted by atomic mass is 10.1. The van der Waals surface area contributed by atoms with Gasteiger partial charge in [0.25, 0.3) is 0 Å². The smallest absolute Gasteiger partial charge is 0.318 e. The first kappa shape index (κ1) is 14.9. The van der Waals surface area contributed by atoms with Crippen LogP contribution in [0.3, 0.4) is 0 Å². The molecule has 0 spiro atoms. The molecular formula is C10H21N3O3. The van der Waals surface area contributed by atoms with Crippen LogP contribution in [0.4, 0.5) is 4.79 Å². The minimum atomic E-state index is -0.837. The van der Waals surface area contributed by atoms with E-state index < -0.39 is 17.5 Å². The number of hydrogen-bond acceptors (Lipinski definition) is 4. The summed E-state index contributed by atoms with van der Waals surface area (Å²) in [6, 6.07) is -0.837. The maximum atomic E-state index is 11.1. The van der Waals surface area contributed by atoms with Gasteiger partial charge >= 0.3 is 6.03 Å². The predicted octanol–water partition coefficient (Wildman–Crippen LogP) is -0.336. The van der Waals surface area contributed by atoms with Crippen molar-refractivity contribution < 1.29 is 14.7 Å². The zero-order valence-electron chi connectivity index (χ0n) is 10.1. The Labute approximate surface area is 95.8 Å². The van der Waals surface area contributed by atoms with Crippen LogP contribution in [-0.4, -0.2) is 47.2 Å². The number of primary amides is 1. The van der Waals surface area contributed by atoms with Crippen molar-refractivity contribution in [1.29, 1.82) is 0 Å². The zero-order valence-corrected chi connectivity index (χ0v) is 10.1. The maximum Gasteiger partial charge on any atom is 0.318 e. The van der Waals surface area contributed by atoms with Gasteiger partial charge in [0, 0.05) is 19.5 Å². The Hall–Kier alpha value is -1.14. The van der Waals surface area contributed by atoms with Gasteiger partial charge in [-0.05, 0) is 20.4 Å². The van der Waals surface area contributed by atoms with Crippen LogP contribution in [0.15, 0.2) is 0 Å². The summed E-state index contributed by atoms with van der Waals surface area (Å²) in [5.74, 6) is -0.401. The number of hydrogen-bond donors (Lipinski definition) is 3. The summed E-state index contributed by atoms with van der Waals surface area (Å²) in [5.41, 5.74) is 4.01. The second-order valence-electron chi connectivity index (χ2n) is 4.34. The van der Waals surface area contributed by atoms with Gasteiger partial charge in [-0.25, -0.2) is 4.79 Å². The van der Waals surface area contributed by atoms with Crippen LogP contribution in [0.5, 0.6) is 0 Å². The van der Waals surface area contributed by atoms with E-state index in [1.54, 1.807) is 13.8 Å². The van der Waals surface area contributed by atoms with Crippen molar-refractivity contribution in [2.75, 3.05) is 19.6 Å². The van der Waals surface area contributed by atoms with E-state index in [4.69, 9.17) is 5.73 Å². The average Bonchev–Trinajstić information content (AvgIpc) is 2.09. The number of carbonyl (C=O) groups is 2. The number of amides is 3. The lowest BCUT2D eigenvalue weighted by Gasteiger charge is -2.27. The van der Waals surface area contributed by atoms with Gasteiger partial charge in [-0.1, -0.05) is 6.92 Å². The largest absolute Gasteiger partial charge is 0.389 e. The molecule has 0 aromatic rings. The normalized spacial score (nSPS) is 11.6. The van der Waals surface area contributed by atoms with Crippen LogP contribution in [0, 0.1) is 0 Å². The molecule has 4 N–H and O–H groups in total. The molecule has 6 heteroatoms. The van der Waals surface area contributed by atoms with E-state index in [1.165, 1.54) is 0 Å². The Bertz CT molecular complexity index is 248. The first-order valence-corrected chi connectivity index (χ1v) is 5.28. The number of urea groups is 1. The summed E-state index contributed by atoms with van der Waals surface area (Å²) in [7, 11) is 0. The number of likely N-dealkylation sites (N-methyl/N-ethyl adjacent to an activating group) is 1. The third kappa shape index (κ3) is 8.19. The van der Waals surface area contributed by atoms with Gasteiger partial charge in [-0.3, -0.25) is 10.1 Å². The number of aliphatic hydroxyl groups is 1. The molecule has 0 aliphatic rings. The summed E-state index contributed by atoms with van der Waals surface area (Å²) in [6.45, 7) is 7.05. The highest BCUT2D eigenvalue weighted by Crippen LogP contribution is 2.04. The quantitative estimate of drug-likeness (QED) is 0.583. The number of nitrogens with zero attached hydrogens (tertiary/aromatic N) is 1. The van der Waals surface area contributed by atoms with Crippen molar-refractivity contribution in [3.63, 3.8) is 0 Å². The highest BCUT2D eigenvalue weighted by atomic mass is 16.3. The molecule has 0 unspecified atom stereocenters. The summed E-state index contributed by atoms with van der Waals surface area (Å²) in [6.07, 6.45) is 0.187. The minimum absolute atomic E-state index is 0.187.